The van der Waals surface area contributed by atoms with Crippen LogP contribution in [-0.2, 0) is 4.79 Å². The van der Waals surface area contributed by atoms with Crippen LogP contribution in [0.5, 0.6) is 0 Å². The molecular weight excluding hydrogens is 121 g/mol. The number of hydrogen-bond acceptors (Lipinski definition) is 3. The van der Waals surface area contributed by atoms with Crippen LogP contribution in [0.2, 0.25) is 0 Å². The molecule has 0 aliphatic heterocycles. The van der Waals surface area contributed by atoms with Crippen LogP contribution in [0.4, 0.5) is 0 Å². The van der Waals surface area contributed by atoms with E-state index >= 15 is 0 Å². The molecule has 0 aromatic rings. The van der Waals surface area contributed by atoms with Crippen LogP contribution in [0.15, 0.2) is 0 Å². The SMILES string of the molecule is NCCCC(N)[13C](=O)O. The highest BCUT2D eigenvalue weighted by atomic mass is 16.5. The summed E-state index contributed by atoms with van der Waals surface area (Å²) in [7, 11) is 0. The number of rotatable bonds is 4. The van der Waals surface area contributed by atoms with Gasteiger partial charge < -0.3 is 16.6 Å². The molecule has 0 aromatic carbocycles. The molecule has 4 heteroatoms. The number of carbonyl (C=O) groups is 1. The Morgan fingerprint density at radius 3 is 2.56 bits per heavy atom. The number of hydrogen-bond donors (Lipinski definition) is 3. The van der Waals surface area contributed by atoms with Crippen LogP contribution in [0.25, 0.3) is 0 Å². The van der Waals surface area contributed by atoms with Gasteiger partial charge >= 0.3 is 5.97 Å². The lowest BCUT2D eigenvalue weighted by atomic mass is 10.2. The van der Waals surface area contributed by atoms with Gasteiger partial charge in [-0.1, -0.05) is 0 Å². The van der Waals surface area contributed by atoms with E-state index in [0.29, 0.717) is 19.4 Å². The van der Waals surface area contributed by atoms with Crippen molar-refractivity contribution >= 4 is 5.97 Å². The van der Waals surface area contributed by atoms with Gasteiger partial charge in [-0.05, 0) is 19.4 Å². The Bertz CT molecular complexity index is 95.0. The highest BCUT2D eigenvalue weighted by molar-refractivity contribution is 5.72. The number of nitrogens with two attached hydrogens (primary N) is 2. The molecule has 0 saturated heterocycles. The van der Waals surface area contributed by atoms with E-state index in [9.17, 15) is 4.79 Å². The normalized spacial score (nSPS) is 13.1. The average Bonchev–Trinajstić information content (AvgIpc) is 1.82. The van der Waals surface area contributed by atoms with Gasteiger partial charge in [0.15, 0.2) is 0 Å². The van der Waals surface area contributed by atoms with Crippen molar-refractivity contribution in [2.45, 2.75) is 18.9 Å². The van der Waals surface area contributed by atoms with Gasteiger partial charge in [0.1, 0.15) is 6.04 Å². The van der Waals surface area contributed by atoms with Crippen molar-refractivity contribution in [3.05, 3.63) is 0 Å². The molecule has 0 radical (unpaired) electrons. The molecule has 0 aliphatic carbocycles. The molecule has 4 nitrogen and oxygen atoms in total. The second kappa shape index (κ2) is 4.29. The fourth-order valence-corrected chi connectivity index (χ4v) is 0.461. The molecule has 9 heavy (non-hydrogen) atoms. The Hall–Kier alpha value is -0.610. The van der Waals surface area contributed by atoms with E-state index < -0.39 is 12.0 Å². The molecule has 0 bridgehead atoms. The number of carboxylic acids is 1. The molecule has 0 rings (SSSR count). The molecule has 1 atom stereocenters. The maximum Gasteiger partial charge on any atom is 0.320 e. The smallest absolute Gasteiger partial charge is 0.320 e. The van der Waals surface area contributed by atoms with Crippen LogP contribution < -0.4 is 11.5 Å². The van der Waals surface area contributed by atoms with Gasteiger partial charge in [0.05, 0.1) is 0 Å². The van der Waals surface area contributed by atoms with Crippen molar-refractivity contribution in [3.8, 4) is 0 Å². The van der Waals surface area contributed by atoms with Crippen LogP contribution >= 0.6 is 0 Å². The summed E-state index contributed by atoms with van der Waals surface area (Å²) in [5.74, 6) is -0.955. The quantitative estimate of drug-likeness (QED) is 0.435. The maximum absolute atomic E-state index is 10.0. The Morgan fingerprint density at radius 1 is 1.67 bits per heavy atom. The Balaban J connectivity index is 3.27. The summed E-state index contributed by atoms with van der Waals surface area (Å²) in [5, 5.41) is 8.24. The molecule has 0 heterocycles. The monoisotopic (exact) mass is 133 g/mol. The first-order valence-corrected chi connectivity index (χ1v) is 2.87. The topological polar surface area (TPSA) is 89.3 Å². The number of aliphatic carboxylic acids is 1. The molecule has 1 unspecified atom stereocenters. The summed E-state index contributed by atoms with van der Waals surface area (Å²) in [4.78, 5) is 10.0. The van der Waals surface area contributed by atoms with Gasteiger partial charge in [-0.2, -0.15) is 0 Å². The fourth-order valence-electron chi connectivity index (χ4n) is 0.461. The zero-order chi connectivity index (χ0) is 7.28. The van der Waals surface area contributed by atoms with Crippen LogP contribution in [0.3, 0.4) is 0 Å². The van der Waals surface area contributed by atoms with Crippen molar-refractivity contribution in [1.82, 2.24) is 0 Å². The van der Waals surface area contributed by atoms with Crippen LogP contribution in [0, 0.1) is 0 Å². The van der Waals surface area contributed by atoms with Crippen molar-refractivity contribution in [2.24, 2.45) is 11.5 Å². The lowest BCUT2D eigenvalue weighted by Gasteiger charge is -2.02. The molecule has 54 valence electrons. The van der Waals surface area contributed by atoms with E-state index in [1.54, 1.807) is 0 Å². The van der Waals surface area contributed by atoms with Gasteiger partial charge in [0, 0.05) is 0 Å². The largest absolute Gasteiger partial charge is 0.480 e. The summed E-state index contributed by atoms with van der Waals surface area (Å²) >= 11 is 0. The first kappa shape index (κ1) is 8.39. The molecule has 0 aromatic heterocycles. The van der Waals surface area contributed by atoms with E-state index in [4.69, 9.17) is 16.6 Å². The second-order valence-corrected chi connectivity index (χ2v) is 1.88. The first-order chi connectivity index (χ1) is 4.18. The minimum Gasteiger partial charge on any atom is -0.480 e. The highest BCUT2D eigenvalue weighted by Crippen LogP contribution is 1.91. The molecule has 0 amide bonds. The van der Waals surface area contributed by atoms with Crippen molar-refractivity contribution < 1.29 is 9.90 Å². The number of carboxylic acid groups (broad SMARTS) is 1. The molecule has 0 aliphatic rings. The Labute approximate surface area is 53.8 Å². The Morgan fingerprint density at radius 2 is 2.22 bits per heavy atom. The van der Waals surface area contributed by atoms with Crippen molar-refractivity contribution in [3.63, 3.8) is 0 Å². The third-order valence-electron chi connectivity index (χ3n) is 1.04. The van der Waals surface area contributed by atoms with Gasteiger partial charge in [-0.15, -0.1) is 0 Å². The minimum absolute atomic E-state index is 0.464. The van der Waals surface area contributed by atoms with Gasteiger partial charge in [-0.25, -0.2) is 0 Å². The summed E-state index contributed by atoms with van der Waals surface area (Å²) in [6, 6.07) is -0.742. The third-order valence-corrected chi connectivity index (χ3v) is 1.04. The molecule has 0 fully saturated rings. The van der Waals surface area contributed by atoms with Crippen molar-refractivity contribution in [2.75, 3.05) is 6.54 Å². The van der Waals surface area contributed by atoms with Gasteiger partial charge in [0.2, 0.25) is 0 Å². The Kier molecular flexibility index (Phi) is 4.00. The molecular formula is C5H12N2O2. The summed E-state index contributed by atoms with van der Waals surface area (Å²) in [6.07, 6.45) is 1.14. The zero-order valence-electron chi connectivity index (χ0n) is 5.21. The zero-order valence-corrected chi connectivity index (χ0v) is 5.21. The summed E-state index contributed by atoms with van der Waals surface area (Å²) < 4.78 is 0. The average molecular weight is 133 g/mol. The van der Waals surface area contributed by atoms with Crippen LogP contribution in [-0.4, -0.2) is 23.7 Å². The van der Waals surface area contributed by atoms with Gasteiger partial charge in [0.25, 0.3) is 0 Å². The van der Waals surface area contributed by atoms with Gasteiger partial charge in [-0.3, -0.25) is 4.79 Å². The lowest BCUT2D eigenvalue weighted by Crippen LogP contribution is -2.30. The predicted octanol–water partition coefficient (Wildman–Crippen LogP) is -0.863. The highest BCUT2D eigenvalue weighted by Gasteiger charge is 2.08. The second-order valence-electron chi connectivity index (χ2n) is 1.88. The fraction of sp³-hybridized carbons (Fsp3) is 0.800. The van der Waals surface area contributed by atoms with Crippen LogP contribution in [0.1, 0.15) is 12.8 Å². The lowest BCUT2D eigenvalue weighted by molar-refractivity contribution is -0.138. The standard InChI is InChI=1S/C5H12N2O2/c6-3-1-2-4(7)5(8)9/h4H,1-3,6-7H2,(H,8,9)/i5+1. The third kappa shape index (κ3) is 3.93. The van der Waals surface area contributed by atoms with E-state index in [-0.39, 0.29) is 0 Å². The van der Waals surface area contributed by atoms with E-state index in [1.807, 2.05) is 0 Å². The first-order valence-electron chi connectivity index (χ1n) is 2.87. The predicted molar refractivity (Wildman–Crippen MR) is 33.9 cm³/mol. The molecule has 0 saturated carbocycles. The molecule has 5 N–H and O–H groups in total. The van der Waals surface area contributed by atoms with E-state index in [1.165, 1.54) is 0 Å². The van der Waals surface area contributed by atoms with E-state index in [0.717, 1.165) is 0 Å². The maximum atomic E-state index is 10.0. The minimum atomic E-state index is -0.955. The summed E-state index contributed by atoms with van der Waals surface area (Å²) in [6.45, 7) is 0.501. The molecule has 0 spiro atoms. The van der Waals surface area contributed by atoms with E-state index in [2.05, 4.69) is 0 Å². The van der Waals surface area contributed by atoms with Crippen molar-refractivity contribution in [1.29, 1.82) is 0 Å². The summed E-state index contributed by atoms with van der Waals surface area (Å²) in [5.41, 5.74) is 10.3.